The van der Waals surface area contributed by atoms with Crippen molar-refractivity contribution < 1.29 is 9.53 Å². The SMILES string of the molecule is CCN(CC)CC(C)NC(=O)C1CCC(CN)O1. The van der Waals surface area contributed by atoms with Gasteiger partial charge in [-0.2, -0.15) is 0 Å². The molecule has 0 aromatic heterocycles. The number of likely N-dealkylation sites (N-methyl/N-ethyl adjacent to an activating group) is 1. The van der Waals surface area contributed by atoms with E-state index in [9.17, 15) is 4.79 Å². The van der Waals surface area contributed by atoms with Gasteiger partial charge in [-0.1, -0.05) is 13.8 Å². The molecule has 1 heterocycles. The molecule has 0 aromatic rings. The second kappa shape index (κ2) is 7.71. The van der Waals surface area contributed by atoms with Crippen LogP contribution in [0.3, 0.4) is 0 Å². The van der Waals surface area contributed by atoms with E-state index in [4.69, 9.17) is 10.5 Å². The molecular formula is C13H27N3O2. The van der Waals surface area contributed by atoms with Crippen molar-refractivity contribution in [2.45, 2.75) is 51.9 Å². The average molecular weight is 257 g/mol. The van der Waals surface area contributed by atoms with Gasteiger partial charge in [0.15, 0.2) is 0 Å². The van der Waals surface area contributed by atoms with Crippen LogP contribution in [0.4, 0.5) is 0 Å². The van der Waals surface area contributed by atoms with Gasteiger partial charge < -0.3 is 20.7 Å². The van der Waals surface area contributed by atoms with E-state index in [0.29, 0.717) is 6.54 Å². The number of nitrogens with one attached hydrogen (secondary N) is 1. The Morgan fingerprint density at radius 2 is 2.11 bits per heavy atom. The van der Waals surface area contributed by atoms with Gasteiger partial charge in [0, 0.05) is 19.1 Å². The number of amides is 1. The fraction of sp³-hybridized carbons (Fsp3) is 0.923. The molecule has 0 spiro atoms. The molecule has 106 valence electrons. The Labute approximate surface area is 110 Å². The summed E-state index contributed by atoms with van der Waals surface area (Å²) in [4.78, 5) is 14.3. The molecule has 5 heteroatoms. The van der Waals surface area contributed by atoms with Crippen LogP contribution < -0.4 is 11.1 Å². The van der Waals surface area contributed by atoms with Gasteiger partial charge in [-0.25, -0.2) is 0 Å². The number of carbonyl (C=O) groups is 1. The molecule has 0 radical (unpaired) electrons. The van der Waals surface area contributed by atoms with Crippen molar-refractivity contribution in [1.82, 2.24) is 10.2 Å². The minimum absolute atomic E-state index is 0.00519. The molecule has 5 nitrogen and oxygen atoms in total. The lowest BCUT2D eigenvalue weighted by Gasteiger charge is -2.24. The largest absolute Gasteiger partial charge is 0.364 e. The molecule has 0 aromatic carbocycles. The molecule has 0 saturated carbocycles. The molecular weight excluding hydrogens is 230 g/mol. The lowest BCUT2D eigenvalue weighted by Crippen LogP contribution is -2.45. The smallest absolute Gasteiger partial charge is 0.249 e. The van der Waals surface area contributed by atoms with Crippen molar-refractivity contribution in [3.8, 4) is 0 Å². The summed E-state index contributed by atoms with van der Waals surface area (Å²) in [6.45, 7) is 9.68. The normalized spacial score (nSPS) is 25.4. The number of nitrogens with zero attached hydrogens (tertiary/aromatic N) is 1. The number of hydrogen-bond donors (Lipinski definition) is 2. The zero-order chi connectivity index (χ0) is 13.5. The predicted octanol–water partition coefficient (Wildman–Crippen LogP) is 0.339. The van der Waals surface area contributed by atoms with Crippen LogP contribution in [0, 0.1) is 0 Å². The third kappa shape index (κ3) is 4.55. The van der Waals surface area contributed by atoms with Crippen molar-refractivity contribution >= 4 is 5.91 Å². The molecule has 3 N–H and O–H groups in total. The van der Waals surface area contributed by atoms with E-state index in [1.807, 2.05) is 6.92 Å². The maximum Gasteiger partial charge on any atom is 0.249 e. The first-order valence-electron chi connectivity index (χ1n) is 6.98. The highest BCUT2D eigenvalue weighted by atomic mass is 16.5. The molecule has 0 bridgehead atoms. The van der Waals surface area contributed by atoms with Crippen LogP contribution in [0.1, 0.15) is 33.6 Å². The van der Waals surface area contributed by atoms with Crippen LogP contribution in [0.5, 0.6) is 0 Å². The fourth-order valence-electron chi connectivity index (χ4n) is 2.32. The second-order valence-electron chi connectivity index (χ2n) is 4.96. The van der Waals surface area contributed by atoms with Crippen molar-refractivity contribution in [2.24, 2.45) is 5.73 Å². The third-order valence-corrected chi connectivity index (χ3v) is 3.48. The van der Waals surface area contributed by atoms with Crippen LogP contribution in [0.15, 0.2) is 0 Å². The number of nitrogens with two attached hydrogens (primary N) is 1. The Morgan fingerprint density at radius 3 is 2.61 bits per heavy atom. The van der Waals surface area contributed by atoms with E-state index in [1.165, 1.54) is 0 Å². The Morgan fingerprint density at radius 1 is 1.44 bits per heavy atom. The predicted molar refractivity (Wildman–Crippen MR) is 72.3 cm³/mol. The fourth-order valence-corrected chi connectivity index (χ4v) is 2.32. The van der Waals surface area contributed by atoms with Crippen molar-refractivity contribution in [1.29, 1.82) is 0 Å². The van der Waals surface area contributed by atoms with Gasteiger partial charge in [-0.15, -0.1) is 0 Å². The van der Waals surface area contributed by atoms with Crippen molar-refractivity contribution in [3.05, 3.63) is 0 Å². The summed E-state index contributed by atoms with van der Waals surface area (Å²) in [5.74, 6) is 0.00519. The molecule has 1 rings (SSSR count). The van der Waals surface area contributed by atoms with Crippen LogP contribution >= 0.6 is 0 Å². The highest BCUT2D eigenvalue weighted by Gasteiger charge is 2.30. The third-order valence-electron chi connectivity index (χ3n) is 3.48. The van der Waals surface area contributed by atoms with Gasteiger partial charge in [-0.3, -0.25) is 4.79 Å². The van der Waals surface area contributed by atoms with E-state index in [1.54, 1.807) is 0 Å². The summed E-state index contributed by atoms with van der Waals surface area (Å²) in [5, 5.41) is 3.02. The van der Waals surface area contributed by atoms with Crippen LogP contribution in [-0.4, -0.2) is 55.2 Å². The number of hydrogen-bond acceptors (Lipinski definition) is 4. The molecule has 1 fully saturated rings. The number of carbonyl (C=O) groups excluding carboxylic acids is 1. The second-order valence-corrected chi connectivity index (χ2v) is 4.96. The number of ether oxygens (including phenoxy) is 1. The molecule has 18 heavy (non-hydrogen) atoms. The zero-order valence-electron chi connectivity index (χ0n) is 11.8. The monoisotopic (exact) mass is 257 g/mol. The van der Waals surface area contributed by atoms with E-state index >= 15 is 0 Å². The summed E-state index contributed by atoms with van der Waals surface area (Å²) in [6.07, 6.45) is 1.42. The minimum atomic E-state index is -0.308. The standard InChI is InChI=1S/C13H27N3O2/c1-4-16(5-2)9-10(3)15-13(17)12-7-6-11(8-14)18-12/h10-12H,4-9,14H2,1-3H3,(H,15,17). The summed E-state index contributed by atoms with van der Waals surface area (Å²) in [6, 6.07) is 0.151. The Kier molecular flexibility index (Phi) is 6.60. The highest BCUT2D eigenvalue weighted by molar-refractivity contribution is 5.81. The molecule has 1 aliphatic heterocycles. The molecule has 1 saturated heterocycles. The van der Waals surface area contributed by atoms with E-state index < -0.39 is 0 Å². The highest BCUT2D eigenvalue weighted by Crippen LogP contribution is 2.18. The molecule has 3 unspecified atom stereocenters. The quantitative estimate of drug-likeness (QED) is 0.690. The Balaban J connectivity index is 2.31. The molecule has 1 amide bonds. The van der Waals surface area contributed by atoms with Crippen LogP contribution in [0.25, 0.3) is 0 Å². The first kappa shape index (κ1) is 15.4. The van der Waals surface area contributed by atoms with Gasteiger partial charge in [0.25, 0.3) is 0 Å². The van der Waals surface area contributed by atoms with Crippen molar-refractivity contribution in [3.63, 3.8) is 0 Å². The summed E-state index contributed by atoms with van der Waals surface area (Å²) >= 11 is 0. The van der Waals surface area contributed by atoms with E-state index in [-0.39, 0.29) is 24.2 Å². The van der Waals surface area contributed by atoms with Crippen molar-refractivity contribution in [2.75, 3.05) is 26.2 Å². The summed E-state index contributed by atoms with van der Waals surface area (Å²) in [5.41, 5.74) is 5.54. The minimum Gasteiger partial charge on any atom is -0.364 e. The van der Waals surface area contributed by atoms with E-state index in [2.05, 4.69) is 24.1 Å². The van der Waals surface area contributed by atoms with Gasteiger partial charge in [0.1, 0.15) is 6.10 Å². The number of rotatable bonds is 7. The Bertz CT molecular complexity index is 257. The first-order chi connectivity index (χ1) is 8.60. The molecule has 3 atom stereocenters. The first-order valence-corrected chi connectivity index (χ1v) is 6.98. The average Bonchev–Trinajstić information content (AvgIpc) is 2.84. The maximum atomic E-state index is 12.0. The topological polar surface area (TPSA) is 67.6 Å². The van der Waals surface area contributed by atoms with Crippen LogP contribution in [0.2, 0.25) is 0 Å². The van der Waals surface area contributed by atoms with Gasteiger partial charge >= 0.3 is 0 Å². The van der Waals surface area contributed by atoms with Gasteiger partial charge in [0.2, 0.25) is 5.91 Å². The maximum absolute atomic E-state index is 12.0. The Hall–Kier alpha value is -0.650. The lowest BCUT2D eigenvalue weighted by molar-refractivity contribution is -0.132. The molecule has 1 aliphatic rings. The van der Waals surface area contributed by atoms with Gasteiger partial charge in [-0.05, 0) is 32.9 Å². The molecule has 0 aliphatic carbocycles. The van der Waals surface area contributed by atoms with E-state index in [0.717, 1.165) is 32.5 Å². The van der Waals surface area contributed by atoms with Gasteiger partial charge in [0.05, 0.1) is 6.10 Å². The zero-order valence-corrected chi connectivity index (χ0v) is 11.8. The van der Waals surface area contributed by atoms with Crippen LogP contribution in [-0.2, 0) is 9.53 Å². The lowest BCUT2D eigenvalue weighted by atomic mass is 10.2. The summed E-state index contributed by atoms with van der Waals surface area (Å²) < 4.78 is 5.58. The summed E-state index contributed by atoms with van der Waals surface area (Å²) in [7, 11) is 0.